The molecule has 0 radical (unpaired) electrons. The van der Waals surface area contributed by atoms with Gasteiger partial charge in [-0.25, -0.2) is 0 Å². The third-order valence-corrected chi connectivity index (χ3v) is 2.84. The van der Waals surface area contributed by atoms with Gasteiger partial charge in [-0.3, -0.25) is 4.79 Å². The molecule has 3 unspecified atom stereocenters. The van der Waals surface area contributed by atoms with E-state index >= 15 is 0 Å². The molecule has 0 aromatic carbocycles. The highest BCUT2D eigenvalue weighted by atomic mass is 16.7. The third kappa shape index (κ3) is 2.21. The number of hydrogen-bond acceptors (Lipinski definition) is 3. The number of hydrogen-bond donors (Lipinski definition) is 0. The summed E-state index contributed by atoms with van der Waals surface area (Å²) in [5, 5.41) is 0. The van der Waals surface area contributed by atoms with Crippen LogP contribution in [0.15, 0.2) is 0 Å². The molecule has 0 spiro atoms. The molecular formula is C10H18O3. The van der Waals surface area contributed by atoms with Gasteiger partial charge in [-0.05, 0) is 12.3 Å². The molecule has 0 N–H and O–H groups in total. The zero-order valence-electron chi connectivity index (χ0n) is 8.74. The fraction of sp³-hybridized carbons (Fsp3) is 0.900. The zero-order valence-corrected chi connectivity index (χ0v) is 8.74. The van der Waals surface area contributed by atoms with Crippen molar-refractivity contribution in [1.29, 1.82) is 0 Å². The van der Waals surface area contributed by atoms with Gasteiger partial charge in [0.15, 0.2) is 0 Å². The van der Waals surface area contributed by atoms with Crippen molar-refractivity contribution in [2.24, 2.45) is 11.8 Å². The van der Waals surface area contributed by atoms with Crippen molar-refractivity contribution in [3.05, 3.63) is 0 Å². The first-order valence-electron chi connectivity index (χ1n) is 4.89. The highest BCUT2D eigenvalue weighted by Gasteiger charge is 2.39. The van der Waals surface area contributed by atoms with Crippen LogP contribution in [0.25, 0.3) is 0 Å². The number of rotatable bonds is 2. The first-order valence-corrected chi connectivity index (χ1v) is 4.89. The van der Waals surface area contributed by atoms with Crippen LogP contribution < -0.4 is 0 Å². The first-order chi connectivity index (χ1) is 6.06. The average molecular weight is 186 g/mol. The Morgan fingerprint density at radius 1 is 1.38 bits per heavy atom. The molecule has 13 heavy (non-hydrogen) atoms. The van der Waals surface area contributed by atoms with E-state index in [1.165, 1.54) is 6.92 Å². The Balaban J connectivity index is 2.55. The van der Waals surface area contributed by atoms with E-state index in [4.69, 9.17) is 9.47 Å². The lowest BCUT2D eigenvalue weighted by molar-refractivity contribution is -0.178. The SMILES string of the molecule is CC[C@@H]1OC(OC(C)=O)C(C)C1C. The van der Waals surface area contributed by atoms with Crippen molar-refractivity contribution in [1.82, 2.24) is 0 Å². The molecule has 1 aliphatic rings. The van der Waals surface area contributed by atoms with E-state index in [0.717, 1.165) is 6.42 Å². The van der Waals surface area contributed by atoms with Crippen molar-refractivity contribution in [2.45, 2.75) is 46.5 Å². The summed E-state index contributed by atoms with van der Waals surface area (Å²) in [7, 11) is 0. The lowest BCUT2D eigenvalue weighted by Crippen LogP contribution is -2.21. The van der Waals surface area contributed by atoms with Gasteiger partial charge in [0.2, 0.25) is 6.29 Å². The van der Waals surface area contributed by atoms with Gasteiger partial charge in [-0.2, -0.15) is 0 Å². The van der Waals surface area contributed by atoms with Gasteiger partial charge in [-0.1, -0.05) is 20.8 Å². The summed E-state index contributed by atoms with van der Waals surface area (Å²) in [5.74, 6) is 0.504. The summed E-state index contributed by atoms with van der Waals surface area (Å²) in [5.41, 5.74) is 0. The van der Waals surface area contributed by atoms with Gasteiger partial charge in [0.25, 0.3) is 0 Å². The van der Waals surface area contributed by atoms with Crippen LogP contribution in [-0.2, 0) is 14.3 Å². The molecule has 76 valence electrons. The molecule has 0 aromatic heterocycles. The van der Waals surface area contributed by atoms with Gasteiger partial charge >= 0.3 is 5.97 Å². The van der Waals surface area contributed by atoms with E-state index in [1.807, 2.05) is 0 Å². The summed E-state index contributed by atoms with van der Waals surface area (Å²) >= 11 is 0. The Kier molecular flexibility index (Phi) is 3.31. The third-order valence-electron chi connectivity index (χ3n) is 2.84. The van der Waals surface area contributed by atoms with Crippen LogP contribution >= 0.6 is 0 Å². The predicted octanol–water partition coefficient (Wildman–Crippen LogP) is 1.96. The monoisotopic (exact) mass is 186 g/mol. The Morgan fingerprint density at radius 2 is 2.00 bits per heavy atom. The molecule has 0 aliphatic carbocycles. The molecule has 1 aliphatic heterocycles. The Labute approximate surface area is 79.4 Å². The second-order valence-electron chi connectivity index (χ2n) is 3.78. The van der Waals surface area contributed by atoms with Gasteiger partial charge in [0.05, 0.1) is 6.10 Å². The van der Waals surface area contributed by atoms with Crippen LogP contribution in [0.1, 0.15) is 34.1 Å². The van der Waals surface area contributed by atoms with E-state index in [0.29, 0.717) is 11.8 Å². The van der Waals surface area contributed by atoms with Crippen molar-refractivity contribution in [3.8, 4) is 0 Å². The number of esters is 1. The molecule has 0 bridgehead atoms. The second kappa shape index (κ2) is 4.09. The minimum Gasteiger partial charge on any atom is -0.436 e. The maximum Gasteiger partial charge on any atom is 0.304 e. The normalized spacial score (nSPS) is 39.1. The summed E-state index contributed by atoms with van der Waals surface area (Å²) in [6.45, 7) is 7.71. The van der Waals surface area contributed by atoms with Crippen LogP contribution in [0.5, 0.6) is 0 Å². The van der Waals surface area contributed by atoms with Gasteiger partial charge in [-0.15, -0.1) is 0 Å². The van der Waals surface area contributed by atoms with Crippen LogP contribution in [0.3, 0.4) is 0 Å². The molecule has 3 nitrogen and oxygen atoms in total. The molecular weight excluding hydrogens is 168 g/mol. The van der Waals surface area contributed by atoms with Crippen molar-refractivity contribution in [3.63, 3.8) is 0 Å². The lowest BCUT2D eigenvalue weighted by Gasteiger charge is -2.15. The maximum atomic E-state index is 10.7. The largest absolute Gasteiger partial charge is 0.436 e. The van der Waals surface area contributed by atoms with E-state index in [-0.39, 0.29) is 18.4 Å². The fourth-order valence-corrected chi connectivity index (χ4v) is 1.77. The maximum absolute atomic E-state index is 10.7. The molecule has 0 aromatic rings. The minimum absolute atomic E-state index is 0.236. The van der Waals surface area contributed by atoms with Crippen molar-refractivity contribution < 1.29 is 14.3 Å². The smallest absolute Gasteiger partial charge is 0.304 e. The molecule has 3 heteroatoms. The average Bonchev–Trinajstić information content (AvgIpc) is 2.32. The fourth-order valence-electron chi connectivity index (χ4n) is 1.77. The van der Waals surface area contributed by atoms with Crippen LogP contribution in [-0.4, -0.2) is 18.4 Å². The molecule has 1 heterocycles. The molecule has 1 saturated heterocycles. The topological polar surface area (TPSA) is 35.5 Å². The molecule has 1 rings (SSSR count). The van der Waals surface area contributed by atoms with Crippen LogP contribution in [0, 0.1) is 11.8 Å². The lowest BCUT2D eigenvalue weighted by atomic mass is 9.92. The van der Waals surface area contributed by atoms with Crippen molar-refractivity contribution >= 4 is 5.97 Å². The Bertz CT molecular complexity index is 191. The van der Waals surface area contributed by atoms with Crippen LogP contribution in [0.4, 0.5) is 0 Å². The predicted molar refractivity (Wildman–Crippen MR) is 49.0 cm³/mol. The molecule has 0 amide bonds. The minimum atomic E-state index is -0.336. The summed E-state index contributed by atoms with van der Waals surface area (Å²) in [4.78, 5) is 10.7. The number of carbonyl (C=O) groups is 1. The van der Waals surface area contributed by atoms with Crippen molar-refractivity contribution in [2.75, 3.05) is 0 Å². The Morgan fingerprint density at radius 3 is 2.38 bits per heavy atom. The zero-order chi connectivity index (χ0) is 10.0. The van der Waals surface area contributed by atoms with Gasteiger partial charge in [0, 0.05) is 12.8 Å². The van der Waals surface area contributed by atoms with E-state index in [1.54, 1.807) is 0 Å². The molecule has 4 atom stereocenters. The summed E-state index contributed by atoms with van der Waals surface area (Å²) < 4.78 is 10.7. The first kappa shape index (κ1) is 10.5. The van der Waals surface area contributed by atoms with E-state index < -0.39 is 0 Å². The second-order valence-corrected chi connectivity index (χ2v) is 3.78. The number of ether oxygens (including phenoxy) is 2. The quantitative estimate of drug-likeness (QED) is 0.618. The number of carbonyl (C=O) groups excluding carboxylic acids is 1. The standard InChI is InChI=1S/C10H18O3/c1-5-9-6(2)7(3)10(13-9)12-8(4)11/h6-7,9-10H,5H2,1-4H3/t6?,7?,9-,10?/m0/s1. The van der Waals surface area contributed by atoms with Gasteiger partial charge < -0.3 is 9.47 Å². The van der Waals surface area contributed by atoms with E-state index in [9.17, 15) is 4.79 Å². The molecule has 0 saturated carbocycles. The molecule has 1 fully saturated rings. The summed E-state index contributed by atoms with van der Waals surface area (Å²) in [6, 6.07) is 0. The highest BCUT2D eigenvalue weighted by Crippen LogP contribution is 2.34. The highest BCUT2D eigenvalue weighted by molar-refractivity contribution is 5.66. The summed E-state index contributed by atoms with van der Waals surface area (Å²) in [6.07, 6.45) is 0.875. The Hall–Kier alpha value is -0.570. The van der Waals surface area contributed by atoms with E-state index in [2.05, 4.69) is 20.8 Å². The van der Waals surface area contributed by atoms with Gasteiger partial charge in [0.1, 0.15) is 0 Å². The van der Waals surface area contributed by atoms with Crippen LogP contribution in [0.2, 0.25) is 0 Å².